The SMILES string of the molecule is CC.COCC(C)(C)C/C=C/C1=CC(C)=CCC1. The second-order valence-corrected chi connectivity index (χ2v) is 5.41. The molecule has 0 radical (unpaired) electrons. The van der Waals surface area contributed by atoms with Gasteiger partial charge in [0.2, 0.25) is 0 Å². The van der Waals surface area contributed by atoms with Crippen molar-refractivity contribution in [2.75, 3.05) is 13.7 Å². The summed E-state index contributed by atoms with van der Waals surface area (Å²) in [5, 5.41) is 0. The molecule has 0 amide bonds. The van der Waals surface area contributed by atoms with E-state index in [0.717, 1.165) is 13.0 Å². The second kappa shape index (κ2) is 9.16. The zero-order chi connectivity index (χ0) is 14.0. The van der Waals surface area contributed by atoms with E-state index in [1.807, 2.05) is 13.8 Å². The quantitative estimate of drug-likeness (QED) is 0.643. The molecule has 0 spiro atoms. The van der Waals surface area contributed by atoms with E-state index in [4.69, 9.17) is 4.74 Å². The van der Waals surface area contributed by atoms with E-state index >= 15 is 0 Å². The molecule has 0 saturated heterocycles. The van der Waals surface area contributed by atoms with Gasteiger partial charge in [-0.15, -0.1) is 0 Å². The van der Waals surface area contributed by atoms with Gasteiger partial charge in [0.05, 0.1) is 6.61 Å². The zero-order valence-corrected chi connectivity index (χ0v) is 13.0. The molecule has 1 nitrogen and oxygen atoms in total. The summed E-state index contributed by atoms with van der Waals surface area (Å²) in [7, 11) is 1.77. The highest BCUT2D eigenvalue weighted by molar-refractivity contribution is 5.32. The Kier molecular flexibility index (Phi) is 8.74. The molecule has 1 aliphatic rings. The van der Waals surface area contributed by atoms with Crippen LogP contribution in [0, 0.1) is 5.41 Å². The molecule has 18 heavy (non-hydrogen) atoms. The number of ether oxygens (including phenoxy) is 1. The van der Waals surface area contributed by atoms with Gasteiger partial charge in [0.25, 0.3) is 0 Å². The van der Waals surface area contributed by atoms with E-state index in [1.165, 1.54) is 24.0 Å². The first kappa shape index (κ1) is 17.2. The number of methoxy groups -OCH3 is 1. The van der Waals surface area contributed by atoms with Gasteiger partial charge in [-0.25, -0.2) is 0 Å². The number of hydrogen-bond acceptors (Lipinski definition) is 1. The van der Waals surface area contributed by atoms with Crippen molar-refractivity contribution < 1.29 is 4.74 Å². The van der Waals surface area contributed by atoms with Gasteiger partial charge in [0.15, 0.2) is 0 Å². The third-order valence-corrected chi connectivity index (χ3v) is 2.85. The highest BCUT2D eigenvalue weighted by atomic mass is 16.5. The van der Waals surface area contributed by atoms with Gasteiger partial charge in [-0.05, 0) is 37.2 Å². The summed E-state index contributed by atoms with van der Waals surface area (Å²) in [5.41, 5.74) is 3.08. The maximum absolute atomic E-state index is 5.21. The zero-order valence-electron chi connectivity index (χ0n) is 13.0. The fourth-order valence-corrected chi connectivity index (χ4v) is 2.00. The molecule has 0 heterocycles. The van der Waals surface area contributed by atoms with Crippen LogP contribution in [0.2, 0.25) is 0 Å². The van der Waals surface area contributed by atoms with Crippen LogP contribution in [0.4, 0.5) is 0 Å². The Hall–Kier alpha value is -0.820. The normalized spacial score (nSPS) is 15.9. The van der Waals surface area contributed by atoms with E-state index in [-0.39, 0.29) is 5.41 Å². The van der Waals surface area contributed by atoms with E-state index < -0.39 is 0 Å². The lowest BCUT2D eigenvalue weighted by molar-refractivity contribution is 0.106. The van der Waals surface area contributed by atoms with Crippen molar-refractivity contribution in [3.8, 4) is 0 Å². The predicted octanol–water partition coefficient (Wildman–Crippen LogP) is 5.30. The standard InChI is InChI=1S/C15H24O.C2H6/c1-13-7-5-8-14(11-13)9-6-10-15(2,3)12-16-4;1-2/h6-7,9,11H,5,8,10,12H2,1-4H3;1-2H3/b9-6+;. The minimum atomic E-state index is 0.241. The minimum absolute atomic E-state index is 0.241. The maximum atomic E-state index is 5.21. The molecule has 0 aliphatic heterocycles. The summed E-state index contributed by atoms with van der Waals surface area (Å²) in [6.07, 6.45) is 12.6. The molecular formula is C17H30O. The van der Waals surface area contributed by atoms with Gasteiger partial charge in [0, 0.05) is 7.11 Å². The Labute approximate surface area is 114 Å². The largest absolute Gasteiger partial charge is 0.384 e. The van der Waals surface area contributed by atoms with Gasteiger partial charge in [0.1, 0.15) is 0 Å². The molecule has 1 rings (SSSR count). The summed E-state index contributed by atoms with van der Waals surface area (Å²) in [5.74, 6) is 0. The van der Waals surface area contributed by atoms with Crippen LogP contribution < -0.4 is 0 Å². The Morgan fingerprint density at radius 3 is 2.56 bits per heavy atom. The first-order chi connectivity index (χ1) is 8.53. The first-order valence-electron chi connectivity index (χ1n) is 7.06. The average Bonchev–Trinajstić information content (AvgIpc) is 2.31. The predicted molar refractivity (Wildman–Crippen MR) is 81.8 cm³/mol. The van der Waals surface area contributed by atoms with Crippen molar-refractivity contribution in [1.82, 2.24) is 0 Å². The van der Waals surface area contributed by atoms with Gasteiger partial charge < -0.3 is 4.74 Å². The number of allylic oxidation sites excluding steroid dienone is 6. The molecule has 1 heteroatoms. The smallest absolute Gasteiger partial charge is 0.0516 e. The average molecular weight is 250 g/mol. The van der Waals surface area contributed by atoms with Crippen LogP contribution in [0.1, 0.15) is 53.9 Å². The van der Waals surface area contributed by atoms with Crippen molar-refractivity contribution in [3.05, 3.63) is 35.5 Å². The van der Waals surface area contributed by atoms with Gasteiger partial charge >= 0.3 is 0 Å². The molecule has 0 aromatic rings. The highest BCUT2D eigenvalue weighted by Gasteiger charge is 2.15. The number of rotatable bonds is 5. The molecular weight excluding hydrogens is 220 g/mol. The van der Waals surface area contributed by atoms with Gasteiger partial charge in [-0.1, -0.05) is 57.6 Å². The van der Waals surface area contributed by atoms with Crippen molar-refractivity contribution in [1.29, 1.82) is 0 Å². The third kappa shape index (κ3) is 7.50. The Balaban J connectivity index is 0.00000137. The van der Waals surface area contributed by atoms with Crippen molar-refractivity contribution in [2.45, 2.75) is 53.9 Å². The van der Waals surface area contributed by atoms with Crippen LogP contribution in [-0.2, 0) is 4.74 Å². The van der Waals surface area contributed by atoms with Crippen molar-refractivity contribution in [3.63, 3.8) is 0 Å². The lowest BCUT2D eigenvalue weighted by Crippen LogP contribution is -2.17. The van der Waals surface area contributed by atoms with Crippen LogP contribution in [0.25, 0.3) is 0 Å². The lowest BCUT2D eigenvalue weighted by atomic mass is 9.89. The monoisotopic (exact) mass is 250 g/mol. The molecule has 0 atom stereocenters. The minimum Gasteiger partial charge on any atom is -0.384 e. The van der Waals surface area contributed by atoms with Crippen molar-refractivity contribution in [2.24, 2.45) is 5.41 Å². The van der Waals surface area contributed by atoms with Crippen LogP contribution in [0.15, 0.2) is 35.5 Å². The Morgan fingerprint density at radius 2 is 2.00 bits per heavy atom. The maximum Gasteiger partial charge on any atom is 0.0516 e. The highest BCUT2D eigenvalue weighted by Crippen LogP contribution is 2.23. The van der Waals surface area contributed by atoms with Gasteiger partial charge in [-0.3, -0.25) is 0 Å². The summed E-state index contributed by atoms with van der Waals surface area (Å²) >= 11 is 0. The first-order valence-corrected chi connectivity index (χ1v) is 7.06. The summed E-state index contributed by atoms with van der Waals surface area (Å²) < 4.78 is 5.21. The van der Waals surface area contributed by atoms with Crippen LogP contribution in [0.3, 0.4) is 0 Å². The molecule has 0 saturated carbocycles. The van der Waals surface area contributed by atoms with E-state index in [2.05, 4.69) is 45.1 Å². The van der Waals surface area contributed by atoms with Crippen LogP contribution >= 0.6 is 0 Å². The van der Waals surface area contributed by atoms with Crippen molar-refractivity contribution >= 4 is 0 Å². The Morgan fingerprint density at radius 1 is 1.33 bits per heavy atom. The molecule has 0 aromatic heterocycles. The topological polar surface area (TPSA) is 9.23 Å². The lowest BCUT2D eigenvalue weighted by Gasteiger charge is -2.21. The summed E-state index contributed by atoms with van der Waals surface area (Å²) in [6, 6.07) is 0. The number of hydrogen-bond donors (Lipinski definition) is 0. The molecule has 0 unspecified atom stereocenters. The fraction of sp³-hybridized carbons (Fsp3) is 0.647. The molecule has 0 aromatic carbocycles. The molecule has 1 aliphatic carbocycles. The third-order valence-electron chi connectivity index (χ3n) is 2.85. The fourth-order valence-electron chi connectivity index (χ4n) is 2.00. The molecule has 104 valence electrons. The Bertz CT molecular complexity index is 306. The van der Waals surface area contributed by atoms with Crippen LogP contribution in [0.5, 0.6) is 0 Å². The van der Waals surface area contributed by atoms with E-state index in [1.54, 1.807) is 7.11 Å². The molecule has 0 bridgehead atoms. The summed E-state index contributed by atoms with van der Waals surface area (Å²) in [4.78, 5) is 0. The summed E-state index contributed by atoms with van der Waals surface area (Å²) in [6.45, 7) is 11.5. The van der Waals surface area contributed by atoms with E-state index in [9.17, 15) is 0 Å². The van der Waals surface area contributed by atoms with Gasteiger partial charge in [-0.2, -0.15) is 0 Å². The molecule has 0 fully saturated rings. The van der Waals surface area contributed by atoms with E-state index in [0.29, 0.717) is 0 Å². The molecule has 0 N–H and O–H groups in total. The van der Waals surface area contributed by atoms with Crippen LogP contribution in [-0.4, -0.2) is 13.7 Å². The second-order valence-electron chi connectivity index (χ2n) is 5.41.